The van der Waals surface area contributed by atoms with Crippen LogP contribution < -0.4 is 5.14 Å². The van der Waals surface area contributed by atoms with E-state index in [1.165, 1.54) is 11.8 Å². The van der Waals surface area contributed by atoms with E-state index in [0.717, 1.165) is 17.0 Å². The van der Waals surface area contributed by atoms with E-state index in [-0.39, 0.29) is 17.7 Å². The van der Waals surface area contributed by atoms with Crippen LogP contribution in [0, 0.1) is 5.92 Å². The molecule has 2 rings (SSSR count). The molecule has 0 aliphatic heterocycles. The Morgan fingerprint density at radius 1 is 1.06 bits per heavy atom. The van der Waals surface area contributed by atoms with Gasteiger partial charge in [0.15, 0.2) is 0 Å². The van der Waals surface area contributed by atoms with Crippen molar-refractivity contribution in [3.63, 3.8) is 0 Å². The summed E-state index contributed by atoms with van der Waals surface area (Å²) in [5.74, 6) is -1.76. The minimum atomic E-state index is -5.91. The highest BCUT2D eigenvalue weighted by Gasteiger charge is 2.48. The molecule has 7 nitrogen and oxygen atoms in total. The second-order valence-corrected chi connectivity index (χ2v) is 11.1. The summed E-state index contributed by atoms with van der Waals surface area (Å²) in [5, 5.41) is 14.1. The predicted octanol–water partition coefficient (Wildman–Crippen LogP) is 3.05. The zero-order valence-corrected chi connectivity index (χ0v) is 18.2. The van der Waals surface area contributed by atoms with Gasteiger partial charge in [-0.05, 0) is 42.2 Å². The lowest BCUT2D eigenvalue weighted by molar-refractivity contribution is -0.137. The number of carboxylic acid groups (broad SMARTS) is 1. The van der Waals surface area contributed by atoms with Gasteiger partial charge in [-0.1, -0.05) is 24.3 Å². The fourth-order valence-corrected chi connectivity index (χ4v) is 5.39. The Balaban J connectivity index is 2.46. The number of sulfone groups is 1. The van der Waals surface area contributed by atoms with E-state index in [4.69, 9.17) is 10.2 Å². The summed E-state index contributed by atoms with van der Waals surface area (Å²) in [7, 11) is -10.4. The molecule has 0 fully saturated rings. The molecule has 0 bridgehead atoms. The van der Waals surface area contributed by atoms with E-state index in [1.54, 1.807) is 30.3 Å². The van der Waals surface area contributed by atoms with Crippen molar-refractivity contribution < 1.29 is 39.9 Å². The maximum atomic E-state index is 13.2. The second kappa shape index (κ2) is 9.59. The number of carboxylic acids is 1. The highest BCUT2D eigenvalue weighted by molar-refractivity contribution is 7.99. The SMILES string of the molecule is NS(=O)(=O)c1ccc(C[C@@H](CSc2ccccc2)CC(=O)O)c(S(=O)(=O)C(F)(F)F)c1. The quantitative estimate of drug-likeness (QED) is 0.509. The summed E-state index contributed by atoms with van der Waals surface area (Å²) in [6, 6.07) is 11.0. The van der Waals surface area contributed by atoms with Crippen LogP contribution >= 0.6 is 11.8 Å². The van der Waals surface area contributed by atoms with Gasteiger partial charge in [0.2, 0.25) is 10.0 Å². The third-order valence-electron chi connectivity index (χ3n) is 4.16. The van der Waals surface area contributed by atoms with Crippen LogP contribution in [0.4, 0.5) is 13.2 Å². The van der Waals surface area contributed by atoms with Gasteiger partial charge in [0.05, 0.1) is 9.79 Å². The molecule has 2 aromatic carbocycles. The number of carbonyl (C=O) groups is 1. The minimum Gasteiger partial charge on any atom is -0.481 e. The molecule has 0 aliphatic rings. The number of halogens is 3. The van der Waals surface area contributed by atoms with Crippen molar-refractivity contribution in [2.45, 2.75) is 33.0 Å². The van der Waals surface area contributed by atoms with Crippen molar-refractivity contribution in [1.82, 2.24) is 0 Å². The second-order valence-electron chi connectivity index (χ2n) is 6.56. The van der Waals surface area contributed by atoms with Crippen LogP contribution in [0.3, 0.4) is 0 Å². The monoisotopic (exact) mass is 497 g/mol. The fourth-order valence-electron chi connectivity index (χ4n) is 2.73. The smallest absolute Gasteiger partial charge is 0.481 e. The first-order valence-electron chi connectivity index (χ1n) is 8.58. The van der Waals surface area contributed by atoms with Crippen LogP contribution in [0.15, 0.2) is 63.2 Å². The first kappa shape index (κ1) is 25.2. The van der Waals surface area contributed by atoms with Gasteiger partial charge in [0, 0.05) is 17.1 Å². The lowest BCUT2D eigenvalue weighted by atomic mass is 9.98. The summed E-state index contributed by atoms with van der Waals surface area (Å²) < 4.78 is 86.7. The van der Waals surface area contributed by atoms with E-state index >= 15 is 0 Å². The molecule has 0 spiro atoms. The van der Waals surface area contributed by atoms with Gasteiger partial charge in [-0.2, -0.15) is 13.2 Å². The summed E-state index contributed by atoms with van der Waals surface area (Å²) in [5.41, 5.74) is -6.02. The van der Waals surface area contributed by atoms with E-state index in [9.17, 15) is 34.8 Å². The van der Waals surface area contributed by atoms with Crippen LogP contribution in [-0.4, -0.2) is 39.2 Å². The number of alkyl halides is 3. The number of sulfonamides is 1. The standard InChI is InChI=1S/C18H18F3NO6S3/c19-18(20,21)30(25,26)16-10-15(31(22,27)28)7-6-13(16)8-12(9-17(23)24)11-29-14-4-2-1-3-5-14/h1-7,10,12H,8-9,11H2,(H,23,24)(H2,22,27,28)/t12-/m1/s1. The summed E-state index contributed by atoms with van der Waals surface area (Å²) in [6.45, 7) is 0. The van der Waals surface area contributed by atoms with E-state index in [2.05, 4.69) is 0 Å². The van der Waals surface area contributed by atoms with Crippen molar-refractivity contribution in [2.24, 2.45) is 11.1 Å². The first-order valence-corrected chi connectivity index (χ1v) is 12.6. The lowest BCUT2D eigenvalue weighted by Gasteiger charge is -2.18. The number of aliphatic carboxylic acids is 1. The Morgan fingerprint density at radius 3 is 2.19 bits per heavy atom. The molecule has 0 radical (unpaired) electrons. The Hall–Kier alpha value is -2.09. The molecule has 3 N–H and O–H groups in total. The molecule has 0 aliphatic carbocycles. The number of thioether (sulfide) groups is 1. The summed E-state index contributed by atoms with van der Waals surface area (Å²) in [4.78, 5) is 9.98. The Morgan fingerprint density at radius 2 is 1.68 bits per heavy atom. The molecule has 13 heteroatoms. The Labute approximate surface area is 181 Å². The largest absolute Gasteiger partial charge is 0.501 e. The molecular weight excluding hydrogens is 479 g/mol. The van der Waals surface area contributed by atoms with E-state index < -0.39 is 53.5 Å². The van der Waals surface area contributed by atoms with Gasteiger partial charge in [0.25, 0.3) is 9.84 Å². The first-order chi connectivity index (χ1) is 14.2. The molecule has 31 heavy (non-hydrogen) atoms. The normalized spacial score (nSPS) is 13.7. The number of nitrogens with two attached hydrogens (primary N) is 1. The van der Waals surface area contributed by atoms with Gasteiger partial charge in [0.1, 0.15) is 0 Å². The number of primary sulfonamides is 1. The molecule has 0 unspecified atom stereocenters. The van der Waals surface area contributed by atoms with E-state index in [1.807, 2.05) is 0 Å². The van der Waals surface area contributed by atoms with Crippen molar-refractivity contribution in [2.75, 3.05) is 5.75 Å². The summed E-state index contributed by atoms with van der Waals surface area (Å²) in [6.07, 6.45) is -0.760. The zero-order chi connectivity index (χ0) is 23.4. The number of hydrogen-bond acceptors (Lipinski definition) is 6. The maximum Gasteiger partial charge on any atom is 0.501 e. The molecule has 2 aromatic rings. The van der Waals surface area contributed by atoms with Crippen molar-refractivity contribution in [3.05, 3.63) is 54.1 Å². The molecule has 0 heterocycles. The van der Waals surface area contributed by atoms with Crippen molar-refractivity contribution >= 4 is 37.6 Å². The molecule has 170 valence electrons. The van der Waals surface area contributed by atoms with Gasteiger partial charge < -0.3 is 5.11 Å². The van der Waals surface area contributed by atoms with Gasteiger partial charge in [-0.25, -0.2) is 22.0 Å². The average Bonchev–Trinajstić information content (AvgIpc) is 2.65. The molecule has 0 saturated heterocycles. The average molecular weight is 498 g/mol. The molecule has 0 aromatic heterocycles. The fraction of sp³-hybridized carbons (Fsp3) is 0.278. The molecule has 0 amide bonds. The zero-order valence-electron chi connectivity index (χ0n) is 15.7. The third kappa shape index (κ3) is 6.69. The van der Waals surface area contributed by atoms with Crippen LogP contribution in [0.2, 0.25) is 0 Å². The van der Waals surface area contributed by atoms with Gasteiger partial charge in [-0.15, -0.1) is 11.8 Å². The highest BCUT2D eigenvalue weighted by atomic mass is 32.2. The van der Waals surface area contributed by atoms with Crippen molar-refractivity contribution in [1.29, 1.82) is 0 Å². The van der Waals surface area contributed by atoms with Gasteiger partial charge >= 0.3 is 11.5 Å². The lowest BCUT2D eigenvalue weighted by Crippen LogP contribution is -2.26. The third-order valence-corrected chi connectivity index (χ3v) is 7.89. The number of hydrogen-bond donors (Lipinski definition) is 2. The molecule has 1 atom stereocenters. The maximum absolute atomic E-state index is 13.2. The molecular formula is C18H18F3NO6S3. The number of rotatable bonds is 9. The molecule has 0 saturated carbocycles. The minimum absolute atomic E-state index is 0.179. The number of benzene rings is 2. The highest BCUT2D eigenvalue weighted by Crippen LogP contribution is 2.35. The van der Waals surface area contributed by atoms with Gasteiger partial charge in [-0.3, -0.25) is 4.79 Å². The van der Waals surface area contributed by atoms with Crippen LogP contribution in [0.25, 0.3) is 0 Å². The van der Waals surface area contributed by atoms with Crippen LogP contribution in [0.1, 0.15) is 12.0 Å². The topological polar surface area (TPSA) is 132 Å². The Bertz CT molecular complexity index is 1150. The van der Waals surface area contributed by atoms with Crippen LogP contribution in [0.5, 0.6) is 0 Å². The van der Waals surface area contributed by atoms with E-state index in [0.29, 0.717) is 6.07 Å². The van der Waals surface area contributed by atoms with Crippen molar-refractivity contribution in [3.8, 4) is 0 Å². The van der Waals surface area contributed by atoms with Crippen LogP contribution in [-0.2, 0) is 31.1 Å². The predicted molar refractivity (Wildman–Crippen MR) is 108 cm³/mol. The Kier molecular flexibility index (Phi) is 7.79. The summed E-state index contributed by atoms with van der Waals surface area (Å²) >= 11 is 1.27.